The van der Waals surface area contributed by atoms with E-state index in [4.69, 9.17) is 14.2 Å². The molecule has 0 aliphatic carbocycles. The molecular weight excluding hydrogens is 270 g/mol. The zero-order valence-electron chi connectivity index (χ0n) is 13.1. The predicted octanol–water partition coefficient (Wildman–Crippen LogP) is 3.17. The summed E-state index contributed by atoms with van der Waals surface area (Å²) in [4.78, 5) is 13.9. The molecule has 5 heteroatoms. The Balaban J connectivity index is 2.39. The third-order valence-electron chi connectivity index (χ3n) is 3.89. The van der Waals surface area contributed by atoms with Crippen molar-refractivity contribution in [1.82, 2.24) is 4.90 Å². The van der Waals surface area contributed by atoms with Crippen LogP contribution >= 0.6 is 0 Å². The molecule has 0 radical (unpaired) electrons. The Kier molecular flexibility index (Phi) is 4.94. The Morgan fingerprint density at radius 3 is 2.48 bits per heavy atom. The Labute approximate surface area is 125 Å². The number of methoxy groups -OCH3 is 2. The van der Waals surface area contributed by atoms with Gasteiger partial charge < -0.3 is 19.1 Å². The van der Waals surface area contributed by atoms with E-state index in [1.165, 1.54) is 5.56 Å². The molecule has 21 heavy (non-hydrogen) atoms. The van der Waals surface area contributed by atoms with E-state index in [1.807, 2.05) is 19.1 Å². The van der Waals surface area contributed by atoms with Gasteiger partial charge >= 0.3 is 6.09 Å². The zero-order chi connectivity index (χ0) is 15.4. The lowest BCUT2D eigenvalue weighted by Gasteiger charge is -2.36. The number of hydrogen-bond acceptors (Lipinski definition) is 4. The van der Waals surface area contributed by atoms with Gasteiger partial charge in [0.2, 0.25) is 0 Å². The predicted molar refractivity (Wildman–Crippen MR) is 80.0 cm³/mol. The third-order valence-corrected chi connectivity index (χ3v) is 3.89. The fourth-order valence-electron chi connectivity index (χ4n) is 2.89. The number of amides is 1. The van der Waals surface area contributed by atoms with Crippen LogP contribution < -0.4 is 9.47 Å². The van der Waals surface area contributed by atoms with Gasteiger partial charge in [-0.3, -0.25) is 0 Å². The molecule has 1 aromatic rings. The highest BCUT2D eigenvalue weighted by atomic mass is 16.6. The van der Waals surface area contributed by atoms with Crippen LogP contribution in [0.25, 0.3) is 0 Å². The SMILES string of the molecule is CCOC(=O)N1CCc2cc(OC)c(OC)cc2C1CC. The molecule has 5 nitrogen and oxygen atoms in total. The second-order valence-electron chi connectivity index (χ2n) is 4.97. The first-order chi connectivity index (χ1) is 10.2. The summed E-state index contributed by atoms with van der Waals surface area (Å²) >= 11 is 0. The summed E-state index contributed by atoms with van der Waals surface area (Å²) in [5.74, 6) is 1.43. The summed E-state index contributed by atoms with van der Waals surface area (Å²) in [6.45, 7) is 4.96. The van der Waals surface area contributed by atoms with E-state index in [-0.39, 0.29) is 12.1 Å². The molecule has 1 amide bonds. The van der Waals surface area contributed by atoms with Crippen molar-refractivity contribution in [3.63, 3.8) is 0 Å². The molecule has 0 bridgehead atoms. The summed E-state index contributed by atoms with van der Waals surface area (Å²) in [6.07, 6.45) is 1.39. The van der Waals surface area contributed by atoms with Gasteiger partial charge in [-0.1, -0.05) is 6.92 Å². The van der Waals surface area contributed by atoms with Crippen molar-refractivity contribution in [2.75, 3.05) is 27.4 Å². The Morgan fingerprint density at radius 1 is 1.24 bits per heavy atom. The van der Waals surface area contributed by atoms with Crippen molar-refractivity contribution in [3.8, 4) is 11.5 Å². The molecule has 1 unspecified atom stereocenters. The first-order valence-corrected chi connectivity index (χ1v) is 7.34. The molecule has 1 aromatic carbocycles. The molecule has 0 saturated heterocycles. The Morgan fingerprint density at radius 2 is 1.90 bits per heavy atom. The van der Waals surface area contributed by atoms with Gasteiger partial charge in [0.05, 0.1) is 26.9 Å². The van der Waals surface area contributed by atoms with Crippen molar-refractivity contribution < 1.29 is 19.0 Å². The van der Waals surface area contributed by atoms with Crippen LogP contribution in [0.15, 0.2) is 12.1 Å². The average Bonchev–Trinajstić information content (AvgIpc) is 2.52. The topological polar surface area (TPSA) is 48.0 Å². The summed E-state index contributed by atoms with van der Waals surface area (Å²) in [7, 11) is 3.26. The van der Waals surface area contributed by atoms with Crippen molar-refractivity contribution >= 4 is 6.09 Å². The van der Waals surface area contributed by atoms with Crippen LogP contribution in [0.1, 0.15) is 37.4 Å². The number of benzene rings is 1. The first kappa shape index (κ1) is 15.5. The van der Waals surface area contributed by atoms with Crippen molar-refractivity contribution in [1.29, 1.82) is 0 Å². The van der Waals surface area contributed by atoms with Crippen LogP contribution in [0.4, 0.5) is 4.79 Å². The van der Waals surface area contributed by atoms with Crippen LogP contribution in [-0.2, 0) is 11.2 Å². The molecule has 0 fully saturated rings. The van der Waals surface area contributed by atoms with Crippen LogP contribution in [-0.4, -0.2) is 38.4 Å². The van der Waals surface area contributed by atoms with Gasteiger partial charge in [-0.05, 0) is 43.0 Å². The minimum absolute atomic E-state index is 0.0209. The van der Waals surface area contributed by atoms with Gasteiger partial charge in [-0.2, -0.15) is 0 Å². The van der Waals surface area contributed by atoms with E-state index in [9.17, 15) is 4.79 Å². The second kappa shape index (κ2) is 6.70. The minimum atomic E-state index is -0.246. The summed E-state index contributed by atoms with van der Waals surface area (Å²) in [5, 5.41) is 0. The standard InChI is InChI=1S/C16H23NO4/c1-5-13-12-10-15(20-4)14(19-3)9-11(12)7-8-17(13)16(18)21-6-2/h9-10,13H,5-8H2,1-4H3. The molecule has 116 valence electrons. The van der Waals surface area contributed by atoms with E-state index < -0.39 is 0 Å². The molecule has 0 spiro atoms. The van der Waals surface area contributed by atoms with Gasteiger partial charge in [0.15, 0.2) is 11.5 Å². The molecule has 1 atom stereocenters. The molecular formula is C16H23NO4. The fraction of sp³-hybridized carbons (Fsp3) is 0.562. The summed E-state index contributed by atoms with van der Waals surface area (Å²) in [5.41, 5.74) is 2.33. The molecule has 1 aliphatic heterocycles. The highest BCUT2D eigenvalue weighted by Crippen LogP contribution is 2.39. The van der Waals surface area contributed by atoms with Gasteiger partial charge in [0.1, 0.15) is 0 Å². The van der Waals surface area contributed by atoms with Crippen molar-refractivity contribution in [3.05, 3.63) is 23.3 Å². The zero-order valence-corrected chi connectivity index (χ0v) is 13.1. The highest BCUT2D eigenvalue weighted by Gasteiger charge is 2.31. The van der Waals surface area contributed by atoms with Crippen molar-refractivity contribution in [2.24, 2.45) is 0 Å². The quantitative estimate of drug-likeness (QED) is 0.855. The molecule has 0 N–H and O–H groups in total. The number of nitrogens with zero attached hydrogens (tertiary/aromatic N) is 1. The van der Waals surface area contributed by atoms with E-state index in [2.05, 4.69) is 6.92 Å². The molecule has 0 saturated carbocycles. The van der Waals surface area contributed by atoms with Crippen LogP contribution in [0.2, 0.25) is 0 Å². The number of carbonyl (C=O) groups is 1. The van der Waals surface area contributed by atoms with Crippen LogP contribution in [0.5, 0.6) is 11.5 Å². The maximum atomic E-state index is 12.1. The Hall–Kier alpha value is -1.91. The van der Waals surface area contributed by atoms with E-state index in [0.717, 1.165) is 24.2 Å². The third kappa shape index (κ3) is 2.91. The fourth-order valence-corrected chi connectivity index (χ4v) is 2.89. The van der Waals surface area contributed by atoms with Crippen molar-refractivity contribution in [2.45, 2.75) is 32.7 Å². The number of carbonyl (C=O) groups excluding carboxylic acids is 1. The number of ether oxygens (including phenoxy) is 3. The number of rotatable bonds is 4. The molecule has 1 aliphatic rings. The van der Waals surface area contributed by atoms with Gasteiger partial charge in [-0.25, -0.2) is 4.79 Å². The molecule has 0 aromatic heterocycles. The average molecular weight is 293 g/mol. The highest BCUT2D eigenvalue weighted by molar-refractivity contribution is 5.69. The maximum absolute atomic E-state index is 12.1. The summed E-state index contributed by atoms with van der Waals surface area (Å²) < 4.78 is 15.9. The lowest BCUT2D eigenvalue weighted by atomic mass is 9.91. The first-order valence-electron chi connectivity index (χ1n) is 7.34. The number of fused-ring (bicyclic) bond motifs is 1. The van der Waals surface area contributed by atoms with Gasteiger partial charge in [0, 0.05) is 6.54 Å². The monoisotopic (exact) mass is 293 g/mol. The van der Waals surface area contributed by atoms with Gasteiger partial charge in [-0.15, -0.1) is 0 Å². The van der Waals surface area contributed by atoms with E-state index >= 15 is 0 Å². The molecule has 2 rings (SSSR count). The smallest absolute Gasteiger partial charge is 0.410 e. The lowest BCUT2D eigenvalue weighted by Crippen LogP contribution is -2.40. The van der Waals surface area contributed by atoms with Crippen LogP contribution in [0.3, 0.4) is 0 Å². The van der Waals surface area contributed by atoms with E-state index in [0.29, 0.717) is 18.9 Å². The molecule has 1 heterocycles. The lowest BCUT2D eigenvalue weighted by molar-refractivity contribution is 0.0854. The Bertz CT molecular complexity index is 515. The van der Waals surface area contributed by atoms with Gasteiger partial charge in [0.25, 0.3) is 0 Å². The van der Waals surface area contributed by atoms with E-state index in [1.54, 1.807) is 19.1 Å². The number of hydrogen-bond donors (Lipinski definition) is 0. The second-order valence-corrected chi connectivity index (χ2v) is 4.97. The maximum Gasteiger partial charge on any atom is 0.410 e. The minimum Gasteiger partial charge on any atom is -0.493 e. The normalized spacial score (nSPS) is 17.1. The van der Waals surface area contributed by atoms with Crippen LogP contribution in [0, 0.1) is 0 Å². The largest absolute Gasteiger partial charge is 0.493 e. The summed E-state index contributed by atoms with van der Waals surface area (Å²) in [6, 6.07) is 4.01.